The average Bonchev–Trinajstić information content (AvgIpc) is 3.15. The number of hydrogen-bond donors (Lipinski definition) is 1. The second-order valence-electron chi connectivity index (χ2n) is 5.22. The van der Waals surface area contributed by atoms with Crippen molar-refractivity contribution < 1.29 is 4.79 Å². The van der Waals surface area contributed by atoms with Gasteiger partial charge in [-0.1, -0.05) is 18.2 Å². The molecule has 1 amide bonds. The van der Waals surface area contributed by atoms with Gasteiger partial charge in [-0.25, -0.2) is 4.98 Å². The van der Waals surface area contributed by atoms with E-state index in [1.54, 1.807) is 6.20 Å². The zero-order chi connectivity index (χ0) is 14.9. The van der Waals surface area contributed by atoms with Crippen molar-refractivity contribution in [2.45, 2.75) is 5.92 Å². The number of amides is 1. The first-order valence-corrected chi connectivity index (χ1v) is 7.15. The zero-order valence-electron chi connectivity index (χ0n) is 11.8. The number of aromatic nitrogens is 3. The molecule has 0 aliphatic carbocycles. The molecule has 22 heavy (non-hydrogen) atoms. The minimum absolute atomic E-state index is 0.159. The number of hydrogen-bond acceptors (Lipinski definition) is 3. The van der Waals surface area contributed by atoms with Crippen molar-refractivity contribution in [3.05, 3.63) is 78.1 Å². The molecule has 5 nitrogen and oxygen atoms in total. The first kappa shape index (κ1) is 12.8. The van der Waals surface area contributed by atoms with E-state index in [1.165, 1.54) is 29.3 Å². The summed E-state index contributed by atoms with van der Waals surface area (Å²) in [4.78, 5) is 20.1. The maximum absolute atomic E-state index is 12.1. The van der Waals surface area contributed by atoms with E-state index in [2.05, 4.69) is 44.2 Å². The number of rotatable bonds is 3. The van der Waals surface area contributed by atoms with Gasteiger partial charge in [0.1, 0.15) is 5.69 Å². The molecule has 1 aliphatic heterocycles. The summed E-state index contributed by atoms with van der Waals surface area (Å²) in [5.74, 6) is -0.0394. The summed E-state index contributed by atoms with van der Waals surface area (Å²) in [5, 5.41) is 2.96. The Morgan fingerprint density at radius 1 is 1.18 bits per heavy atom. The first-order valence-electron chi connectivity index (χ1n) is 7.15. The smallest absolute Gasteiger partial charge is 0.271 e. The molecular weight excluding hydrogens is 276 g/mol. The summed E-state index contributed by atoms with van der Waals surface area (Å²) in [5.41, 5.74) is 3.95. The highest BCUT2D eigenvalue weighted by molar-refractivity contribution is 5.91. The molecule has 0 radical (unpaired) electrons. The highest BCUT2D eigenvalue weighted by Crippen LogP contribution is 2.37. The number of nitrogens with zero attached hydrogens (tertiary/aromatic N) is 3. The lowest BCUT2D eigenvalue weighted by molar-refractivity contribution is 0.0947. The Morgan fingerprint density at radius 2 is 2.09 bits per heavy atom. The van der Waals surface area contributed by atoms with E-state index in [1.807, 2.05) is 18.2 Å². The van der Waals surface area contributed by atoms with E-state index in [0.717, 1.165) is 0 Å². The molecule has 108 valence electrons. The van der Waals surface area contributed by atoms with Gasteiger partial charge >= 0.3 is 0 Å². The van der Waals surface area contributed by atoms with E-state index < -0.39 is 0 Å². The Morgan fingerprint density at radius 3 is 2.95 bits per heavy atom. The molecule has 1 aliphatic rings. The second kappa shape index (κ2) is 5.11. The summed E-state index contributed by atoms with van der Waals surface area (Å²) in [7, 11) is 0. The van der Waals surface area contributed by atoms with Gasteiger partial charge in [-0.15, -0.1) is 0 Å². The third-order valence-corrected chi connectivity index (χ3v) is 3.97. The molecule has 0 saturated heterocycles. The van der Waals surface area contributed by atoms with Crippen LogP contribution in [-0.4, -0.2) is 27.0 Å². The van der Waals surface area contributed by atoms with Crippen LogP contribution in [-0.2, 0) is 0 Å². The van der Waals surface area contributed by atoms with Crippen LogP contribution in [0.3, 0.4) is 0 Å². The van der Waals surface area contributed by atoms with Crippen LogP contribution < -0.4 is 5.32 Å². The summed E-state index contributed by atoms with van der Waals surface area (Å²) in [6, 6.07) is 12.4. The van der Waals surface area contributed by atoms with Crippen LogP contribution in [0.25, 0.3) is 5.69 Å². The molecule has 1 N–H and O–H groups in total. The van der Waals surface area contributed by atoms with Crippen LogP contribution in [0.5, 0.6) is 0 Å². The molecule has 5 heteroatoms. The monoisotopic (exact) mass is 290 g/mol. The van der Waals surface area contributed by atoms with E-state index in [9.17, 15) is 4.79 Å². The summed E-state index contributed by atoms with van der Waals surface area (Å²) in [6.45, 7) is 0.538. The molecule has 3 aromatic rings. The zero-order valence-corrected chi connectivity index (χ0v) is 11.8. The van der Waals surface area contributed by atoms with E-state index in [4.69, 9.17) is 0 Å². The van der Waals surface area contributed by atoms with Gasteiger partial charge in [-0.2, -0.15) is 0 Å². The van der Waals surface area contributed by atoms with Crippen LogP contribution in [0.15, 0.2) is 61.2 Å². The van der Waals surface area contributed by atoms with E-state index in [-0.39, 0.29) is 11.8 Å². The predicted octanol–water partition coefficient (Wildman–Crippen LogP) is 2.14. The van der Waals surface area contributed by atoms with Gasteiger partial charge in [-0.05, 0) is 23.8 Å². The second-order valence-corrected chi connectivity index (χ2v) is 5.22. The van der Waals surface area contributed by atoms with Crippen LogP contribution in [0.4, 0.5) is 0 Å². The maximum Gasteiger partial charge on any atom is 0.271 e. The van der Waals surface area contributed by atoms with Gasteiger partial charge < -0.3 is 9.88 Å². The number of para-hydroxylation sites is 1. The Bertz CT molecular complexity index is 825. The fourth-order valence-electron chi connectivity index (χ4n) is 2.97. The number of fused-ring (bicyclic) bond motifs is 3. The molecular formula is C17H14N4O. The van der Waals surface area contributed by atoms with Crippen molar-refractivity contribution in [3.63, 3.8) is 0 Å². The third-order valence-electron chi connectivity index (χ3n) is 3.97. The van der Waals surface area contributed by atoms with Gasteiger partial charge in [0.15, 0.2) is 0 Å². The highest BCUT2D eigenvalue weighted by Gasteiger charge is 2.28. The van der Waals surface area contributed by atoms with Crippen molar-refractivity contribution in [1.82, 2.24) is 19.9 Å². The summed E-state index contributed by atoms with van der Waals surface area (Å²) < 4.78 is 2.18. The molecule has 0 saturated carbocycles. The van der Waals surface area contributed by atoms with Crippen LogP contribution in [0.2, 0.25) is 0 Å². The quantitative estimate of drug-likeness (QED) is 0.804. The predicted molar refractivity (Wildman–Crippen MR) is 82.0 cm³/mol. The highest BCUT2D eigenvalue weighted by atomic mass is 16.1. The fraction of sp³-hybridized carbons (Fsp3) is 0.118. The molecule has 1 atom stereocenters. The lowest BCUT2D eigenvalue weighted by Crippen LogP contribution is -2.29. The molecule has 4 rings (SSSR count). The van der Waals surface area contributed by atoms with Crippen molar-refractivity contribution in [1.29, 1.82) is 0 Å². The molecule has 3 heterocycles. The standard InChI is InChI=1S/C17H14N4O/c22-17(14-11-18-7-8-19-14)20-10-13-12-4-1-2-5-15(12)21-9-3-6-16(13)21/h1-9,11,13H,10H2,(H,20,22). The lowest BCUT2D eigenvalue weighted by Gasteiger charge is -2.12. The first-order chi connectivity index (χ1) is 10.8. The van der Waals surface area contributed by atoms with Crippen molar-refractivity contribution in [2.75, 3.05) is 6.54 Å². The molecule has 1 aromatic carbocycles. The largest absolute Gasteiger partial charge is 0.350 e. The van der Waals surface area contributed by atoms with Crippen LogP contribution in [0.1, 0.15) is 27.7 Å². The molecule has 0 spiro atoms. The van der Waals surface area contributed by atoms with Gasteiger partial charge in [0.2, 0.25) is 0 Å². The number of carbonyl (C=O) groups is 1. The number of benzene rings is 1. The topological polar surface area (TPSA) is 59.8 Å². The molecule has 0 bridgehead atoms. The Labute approximate surface area is 127 Å². The molecule has 1 unspecified atom stereocenters. The normalized spacial score (nSPS) is 15.2. The van der Waals surface area contributed by atoms with E-state index in [0.29, 0.717) is 12.2 Å². The SMILES string of the molecule is O=C(NCC1c2ccccc2-n2cccc21)c1cnccn1. The Kier molecular flexibility index (Phi) is 2.96. The molecule has 0 fully saturated rings. The minimum Gasteiger partial charge on any atom is -0.350 e. The molecule has 2 aromatic heterocycles. The summed E-state index contributed by atoms with van der Waals surface area (Å²) >= 11 is 0. The van der Waals surface area contributed by atoms with Gasteiger partial charge in [0, 0.05) is 42.4 Å². The third kappa shape index (κ3) is 1.98. The van der Waals surface area contributed by atoms with Crippen molar-refractivity contribution >= 4 is 5.91 Å². The van der Waals surface area contributed by atoms with Gasteiger partial charge in [0.25, 0.3) is 5.91 Å². The average molecular weight is 290 g/mol. The fourth-order valence-corrected chi connectivity index (χ4v) is 2.97. The Balaban J connectivity index is 1.58. The Hall–Kier alpha value is -2.95. The lowest BCUT2D eigenvalue weighted by atomic mass is 9.97. The van der Waals surface area contributed by atoms with Crippen LogP contribution >= 0.6 is 0 Å². The van der Waals surface area contributed by atoms with Gasteiger partial charge in [-0.3, -0.25) is 9.78 Å². The summed E-state index contributed by atoms with van der Waals surface area (Å²) in [6.07, 6.45) is 6.60. The maximum atomic E-state index is 12.1. The van der Waals surface area contributed by atoms with Crippen molar-refractivity contribution in [3.8, 4) is 5.69 Å². The minimum atomic E-state index is -0.199. The van der Waals surface area contributed by atoms with Crippen molar-refractivity contribution in [2.24, 2.45) is 0 Å². The van der Waals surface area contributed by atoms with Gasteiger partial charge in [0.05, 0.1) is 6.20 Å². The number of nitrogens with one attached hydrogen (secondary N) is 1. The van der Waals surface area contributed by atoms with E-state index >= 15 is 0 Å². The van der Waals surface area contributed by atoms with Crippen LogP contribution in [0, 0.1) is 0 Å². The number of carbonyl (C=O) groups excluding carboxylic acids is 1.